The van der Waals surface area contributed by atoms with Crippen LogP contribution in [0.1, 0.15) is 11.1 Å². The van der Waals surface area contributed by atoms with Gasteiger partial charge in [-0.1, -0.05) is 36.4 Å². The molecule has 6 nitrogen and oxygen atoms in total. The van der Waals surface area contributed by atoms with Crippen molar-refractivity contribution in [2.75, 3.05) is 36.8 Å². The predicted octanol–water partition coefficient (Wildman–Crippen LogP) is 4.19. The molecule has 0 atom stereocenters. The summed E-state index contributed by atoms with van der Waals surface area (Å²) in [5.74, 6) is 0.990. The molecule has 0 aliphatic carbocycles. The molecule has 1 aliphatic rings. The monoisotopic (exact) mass is 437 g/mol. The summed E-state index contributed by atoms with van der Waals surface area (Å²) < 4.78 is 34.1. The van der Waals surface area contributed by atoms with E-state index >= 15 is 0 Å². The van der Waals surface area contributed by atoms with Gasteiger partial charge < -0.3 is 15.4 Å². The van der Waals surface area contributed by atoms with Crippen LogP contribution in [0.3, 0.4) is 0 Å². The van der Waals surface area contributed by atoms with E-state index in [0.717, 1.165) is 11.3 Å². The van der Waals surface area contributed by atoms with Crippen molar-refractivity contribution in [2.45, 2.75) is 18.7 Å². The number of hydrogen-bond acceptors (Lipinski definition) is 5. The van der Waals surface area contributed by atoms with Crippen molar-refractivity contribution in [2.24, 2.45) is 0 Å². The molecule has 0 bridgehead atoms. The lowest BCUT2D eigenvalue weighted by Gasteiger charge is -2.36. The molecule has 0 saturated carbocycles. The summed E-state index contributed by atoms with van der Waals surface area (Å²) in [6.45, 7) is 6.13. The highest BCUT2D eigenvalue weighted by atomic mass is 32.2. The lowest BCUT2D eigenvalue weighted by Crippen LogP contribution is -2.48. The summed E-state index contributed by atoms with van der Waals surface area (Å²) in [6, 6.07) is 20.3. The summed E-state index contributed by atoms with van der Waals surface area (Å²) in [5.41, 5.74) is 9.67. The van der Waals surface area contributed by atoms with E-state index in [9.17, 15) is 8.42 Å². The van der Waals surface area contributed by atoms with E-state index in [1.165, 1.54) is 5.56 Å². The fourth-order valence-electron chi connectivity index (χ4n) is 3.78. The minimum absolute atomic E-state index is 0.229. The number of ether oxygens (including phenoxy) is 1. The normalized spacial score (nSPS) is 15.1. The van der Waals surface area contributed by atoms with Gasteiger partial charge in [-0.2, -0.15) is 4.31 Å². The maximum Gasteiger partial charge on any atom is 0.243 e. The van der Waals surface area contributed by atoms with E-state index in [1.807, 2.05) is 31.2 Å². The molecule has 3 aromatic carbocycles. The van der Waals surface area contributed by atoms with Gasteiger partial charge in [0.15, 0.2) is 0 Å². The van der Waals surface area contributed by atoms with Crippen molar-refractivity contribution in [1.82, 2.24) is 4.31 Å². The van der Waals surface area contributed by atoms with Crippen LogP contribution in [-0.2, 0) is 10.0 Å². The van der Waals surface area contributed by atoms with Crippen molar-refractivity contribution in [3.05, 3.63) is 77.9 Å². The number of nitrogens with zero attached hydrogens (tertiary/aromatic N) is 2. The van der Waals surface area contributed by atoms with E-state index in [1.54, 1.807) is 34.6 Å². The predicted molar refractivity (Wildman–Crippen MR) is 124 cm³/mol. The number of nitrogen functional groups attached to an aromatic ring is 1. The second kappa shape index (κ2) is 8.61. The maximum atomic E-state index is 13.3. The van der Waals surface area contributed by atoms with Crippen molar-refractivity contribution in [3.63, 3.8) is 0 Å². The molecule has 2 N–H and O–H groups in total. The fourth-order valence-corrected chi connectivity index (χ4v) is 5.22. The third kappa shape index (κ3) is 4.38. The number of sulfonamides is 1. The number of nitrogens with two attached hydrogens (primary N) is 1. The summed E-state index contributed by atoms with van der Waals surface area (Å²) in [6.07, 6.45) is 0. The Kier molecular flexibility index (Phi) is 5.89. The molecule has 3 aromatic rings. The van der Waals surface area contributed by atoms with Crippen LogP contribution in [0.2, 0.25) is 0 Å². The second-order valence-electron chi connectivity index (χ2n) is 7.74. The topological polar surface area (TPSA) is 75.9 Å². The van der Waals surface area contributed by atoms with Crippen molar-refractivity contribution in [1.29, 1.82) is 0 Å². The van der Waals surface area contributed by atoms with E-state index in [-0.39, 0.29) is 4.90 Å². The van der Waals surface area contributed by atoms with Crippen molar-refractivity contribution < 1.29 is 13.2 Å². The van der Waals surface area contributed by atoms with Crippen LogP contribution in [0.5, 0.6) is 11.5 Å². The Hall–Kier alpha value is -3.03. The van der Waals surface area contributed by atoms with Crippen LogP contribution in [0.15, 0.2) is 71.6 Å². The molecule has 162 valence electrons. The van der Waals surface area contributed by atoms with Crippen LogP contribution in [-0.4, -0.2) is 38.9 Å². The van der Waals surface area contributed by atoms with Crippen molar-refractivity contribution >= 4 is 21.4 Å². The van der Waals surface area contributed by atoms with Gasteiger partial charge in [0.2, 0.25) is 10.0 Å². The lowest BCUT2D eigenvalue weighted by atomic mass is 10.1. The molecule has 0 unspecified atom stereocenters. The number of anilines is 2. The third-order valence-corrected chi connectivity index (χ3v) is 7.53. The number of piperazine rings is 1. The molecule has 7 heteroatoms. The first-order chi connectivity index (χ1) is 14.9. The quantitative estimate of drug-likeness (QED) is 0.606. The highest BCUT2D eigenvalue weighted by molar-refractivity contribution is 7.89. The standard InChI is InChI=1S/C24H27N3O3S/c1-18-7-3-5-9-22(18)26-13-15-27(16-14-26)31(28,29)20-12-11-19(2)24(17-20)30-23-10-6-4-8-21(23)25/h3-12,17H,13-16,25H2,1-2H3. The van der Waals surface area contributed by atoms with E-state index in [0.29, 0.717) is 43.4 Å². The first kappa shape index (κ1) is 21.2. The Balaban J connectivity index is 1.53. The summed E-state index contributed by atoms with van der Waals surface area (Å²) in [4.78, 5) is 2.47. The van der Waals surface area contributed by atoms with Gasteiger partial charge in [0.25, 0.3) is 0 Å². The van der Waals surface area contributed by atoms with Gasteiger partial charge in [-0.05, 0) is 49.2 Å². The molecule has 0 aromatic heterocycles. The van der Waals surface area contributed by atoms with Gasteiger partial charge in [0, 0.05) is 37.9 Å². The molecule has 4 rings (SSSR count). The molecule has 1 saturated heterocycles. The Morgan fingerprint density at radius 3 is 2.19 bits per heavy atom. The Labute approximate surface area is 183 Å². The molecule has 0 spiro atoms. The average molecular weight is 438 g/mol. The van der Waals surface area contributed by atoms with Crippen LogP contribution in [0.4, 0.5) is 11.4 Å². The summed E-state index contributed by atoms with van der Waals surface area (Å²) >= 11 is 0. The molecular formula is C24H27N3O3S. The van der Waals surface area contributed by atoms with Gasteiger partial charge in [0.1, 0.15) is 11.5 Å². The molecule has 1 aliphatic heterocycles. The minimum Gasteiger partial charge on any atom is -0.455 e. The van der Waals surface area contributed by atoms with E-state index < -0.39 is 10.0 Å². The van der Waals surface area contributed by atoms with E-state index in [4.69, 9.17) is 10.5 Å². The third-order valence-electron chi connectivity index (χ3n) is 5.63. The zero-order valence-electron chi connectivity index (χ0n) is 17.8. The number of rotatable bonds is 5. The Bertz CT molecular complexity index is 1190. The zero-order valence-corrected chi connectivity index (χ0v) is 18.6. The largest absolute Gasteiger partial charge is 0.455 e. The number of para-hydroxylation sites is 3. The van der Waals surface area contributed by atoms with E-state index in [2.05, 4.69) is 24.0 Å². The Morgan fingerprint density at radius 1 is 0.806 bits per heavy atom. The van der Waals surface area contributed by atoms with Crippen molar-refractivity contribution in [3.8, 4) is 11.5 Å². The van der Waals surface area contributed by atoms with Gasteiger partial charge in [0.05, 0.1) is 10.6 Å². The van der Waals surface area contributed by atoms with Gasteiger partial charge >= 0.3 is 0 Å². The maximum absolute atomic E-state index is 13.3. The van der Waals surface area contributed by atoms with Gasteiger partial charge in [-0.15, -0.1) is 0 Å². The number of benzene rings is 3. The highest BCUT2D eigenvalue weighted by Crippen LogP contribution is 2.32. The fraction of sp³-hybridized carbons (Fsp3) is 0.250. The van der Waals surface area contributed by atoms with Crippen LogP contribution in [0.25, 0.3) is 0 Å². The molecule has 1 heterocycles. The number of hydrogen-bond donors (Lipinski definition) is 1. The molecule has 1 fully saturated rings. The van der Waals surface area contributed by atoms with Gasteiger partial charge in [-0.3, -0.25) is 0 Å². The number of aryl methyl sites for hydroxylation is 2. The molecular weight excluding hydrogens is 410 g/mol. The van der Waals surface area contributed by atoms with Crippen LogP contribution in [0, 0.1) is 13.8 Å². The van der Waals surface area contributed by atoms with Crippen LogP contribution < -0.4 is 15.4 Å². The summed E-state index contributed by atoms with van der Waals surface area (Å²) in [7, 11) is -3.62. The molecule has 0 amide bonds. The lowest BCUT2D eigenvalue weighted by molar-refractivity contribution is 0.384. The van der Waals surface area contributed by atoms with Gasteiger partial charge in [-0.25, -0.2) is 8.42 Å². The molecule has 0 radical (unpaired) electrons. The smallest absolute Gasteiger partial charge is 0.243 e. The highest BCUT2D eigenvalue weighted by Gasteiger charge is 2.29. The Morgan fingerprint density at radius 2 is 1.48 bits per heavy atom. The first-order valence-electron chi connectivity index (χ1n) is 10.3. The average Bonchev–Trinajstić information content (AvgIpc) is 2.77. The summed E-state index contributed by atoms with van der Waals surface area (Å²) in [5, 5.41) is 0. The minimum atomic E-state index is -3.62. The first-order valence-corrected chi connectivity index (χ1v) is 11.7. The SMILES string of the molecule is Cc1ccc(S(=O)(=O)N2CCN(c3ccccc3C)CC2)cc1Oc1ccccc1N. The van der Waals surface area contributed by atoms with Crippen LogP contribution >= 0.6 is 0 Å². The molecule has 31 heavy (non-hydrogen) atoms. The zero-order chi connectivity index (χ0) is 22.0. The second-order valence-corrected chi connectivity index (χ2v) is 9.68.